The number of ether oxygens (including phenoxy) is 1. The van der Waals surface area contributed by atoms with Crippen LogP contribution in [0.4, 0.5) is 0 Å². The van der Waals surface area contributed by atoms with E-state index in [-0.39, 0.29) is 5.97 Å². The summed E-state index contributed by atoms with van der Waals surface area (Å²) in [5.74, 6) is 0.736. The smallest absolute Gasteiger partial charge is 0.326 e. The van der Waals surface area contributed by atoms with E-state index in [0.717, 1.165) is 25.2 Å². The SMILES string of the molecule is CNC1(C(=O)OC)CCC(N(C)C2CCCC(C)C2)C1. The van der Waals surface area contributed by atoms with Crippen molar-refractivity contribution in [1.82, 2.24) is 10.2 Å². The van der Waals surface area contributed by atoms with Gasteiger partial charge in [0.1, 0.15) is 5.54 Å². The lowest BCUT2D eigenvalue weighted by Crippen LogP contribution is -2.51. The lowest BCUT2D eigenvalue weighted by molar-refractivity contribution is -0.148. The van der Waals surface area contributed by atoms with E-state index in [1.807, 2.05) is 7.05 Å². The highest BCUT2D eigenvalue weighted by atomic mass is 16.5. The zero-order valence-corrected chi connectivity index (χ0v) is 13.4. The first-order chi connectivity index (χ1) is 9.52. The second kappa shape index (κ2) is 6.44. The fourth-order valence-electron chi connectivity index (χ4n) is 4.15. The van der Waals surface area contributed by atoms with Crippen LogP contribution in [-0.2, 0) is 9.53 Å². The summed E-state index contributed by atoms with van der Waals surface area (Å²) in [6, 6.07) is 1.19. The average molecular weight is 282 g/mol. The summed E-state index contributed by atoms with van der Waals surface area (Å²) >= 11 is 0. The minimum atomic E-state index is -0.464. The van der Waals surface area contributed by atoms with Crippen LogP contribution in [-0.4, -0.2) is 49.7 Å². The molecule has 2 rings (SSSR count). The molecule has 4 unspecified atom stereocenters. The summed E-state index contributed by atoms with van der Waals surface area (Å²) in [6.45, 7) is 2.36. The fourth-order valence-corrected chi connectivity index (χ4v) is 4.15. The minimum absolute atomic E-state index is 0.104. The predicted octanol–water partition coefficient (Wildman–Crippen LogP) is 2.18. The third kappa shape index (κ3) is 3.01. The highest BCUT2D eigenvalue weighted by Gasteiger charge is 2.47. The molecule has 0 radical (unpaired) electrons. The number of rotatable bonds is 4. The number of methoxy groups -OCH3 is 1. The largest absolute Gasteiger partial charge is 0.468 e. The lowest BCUT2D eigenvalue weighted by Gasteiger charge is -2.38. The van der Waals surface area contributed by atoms with E-state index in [1.54, 1.807) is 0 Å². The Morgan fingerprint density at radius 3 is 2.65 bits per heavy atom. The summed E-state index contributed by atoms with van der Waals surface area (Å²) in [7, 11) is 5.61. The molecule has 2 saturated carbocycles. The molecule has 2 fully saturated rings. The summed E-state index contributed by atoms with van der Waals surface area (Å²) in [5.41, 5.74) is -0.464. The zero-order chi connectivity index (χ0) is 14.8. The number of nitrogens with zero attached hydrogens (tertiary/aromatic N) is 1. The Morgan fingerprint density at radius 2 is 2.05 bits per heavy atom. The first-order valence-electron chi connectivity index (χ1n) is 8.01. The van der Waals surface area contributed by atoms with E-state index >= 15 is 0 Å². The maximum atomic E-state index is 12.1. The van der Waals surface area contributed by atoms with E-state index in [2.05, 4.69) is 24.2 Å². The molecule has 0 aromatic heterocycles. The molecule has 4 atom stereocenters. The Bertz CT molecular complexity index is 347. The van der Waals surface area contributed by atoms with Gasteiger partial charge in [-0.1, -0.05) is 19.8 Å². The summed E-state index contributed by atoms with van der Waals surface area (Å²) in [4.78, 5) is 14.6. The van der Waals surface area contributed by atoms with Gasteiger partial charge in [-0.25, -0.2) is 0 Å². The number of hydrogen-bond donors (Lipinski definition) is 1. The van der Waals surface area contributed by atoms with Crippen LogP contribution in [0.3, 0.4) is 0 Å². The Kier molecular flexibility index (Phi) is 5.08. The molecule has 4 heteroatoms. The van der Waals surface area contributed by atoms with Crippen LogP contribution in [0.5, 0.6) is 0 Å². The Morgan fingerprint density at radius 1 is 1.30 bits per heavy atom. The molecular formula is C16H30N2O2. The van der Waals surface area contributed by atoms with Crippen molar-refractivity contribution in [3.8, 4) is 0 Å². The summed E-state index contributed by atoms with van der Waals surface area (Å²) in [6.07, 6.45) is 8.16. The van der Waals surface area contributed by atoms with Crippen molar-refractivity contribution < 1.29 is 9.53 Å². The van der Waals surface area contributed by atoms with Gasteiger partial charge >= 0.3 is 5.97 Å². The molecule has 0 aromatic rings. The number of likely N-dealkylation sites (N-methyl/N-ethyl adjacent to an activating group) is 1. The molecule has 0 amide bonds. The topological polar surface area (TPSA) is 41.6 Å². The molecule has 0 bridgehead atoms. The molecule has 0 aliphatic heterocycles. The van der Waals surface area contributed by atoms with Gasteiger partial charge in [0.25, 0.3) is 0 Å². The predicted molar refractivity (Wildman–Crippen MR) is 80.6 cm³/mol. The third-order valence-electron chi connectivity index (χ3n) is 5.60. The van der Waals surface area contributed by atoms with Crippen LogP contribution >= 0.6 is 0 Å². The molecule has 0 aromatic carbocycles. The first kappa shape index (κ1) is 15.8. The highest BCUT2D eigenvalue weighted by molar-refractivity contribution is 5.81. The van der Waals surface area contributed by atoms with E-state index < -0.39 is 5.54 Å². The monoisotopic (exact) mass is 282 g/mol. The summed E-state index contributed by atoms with van der Waals surface area (Å²) in [5, 5.41) is 3.22. The molecule has 2 aliphatic carbocycles. The summed E-state index contributed by atoms with van der Waals surface area (Å²) < 4.78 is 5.00. The lowest BCUT2D eigenvalue weighted by atomic mass is 9.85. The fraction of sp³-hybridized carbons (Fsp3) is 0.938. The standard InChI is InChI=1S/C16H30N2O2/c1-12-6-5-7-13(10-12)18(3)14-8-9-16(11-14,17-2)15(19)20-4/h12-14,17H,5-11H2,1-4H3. The third-order valence-corrected chi connectivity index (χ3v) is 5.60. The van der Waals surface area contributed by atoms with E-state index in [9.17, 15) is 4.79 Å². The van der Waals surface area contributed by atoms with Crippen molar-refractivity contribution in [2.75, 3.05) is 21.2 Å². The van der Waals surface area contributed by atoms with Gasteiger partial charge < -0.3 is 15.0 Å². The highest BCUT2D eigenvalue weighted by Crippen LogP contribution is 2.36. The van der Waals surface area contributed by atoms with Crippen molar-refractivity contribution in [2.45, 2.75) is 69.5 Å². The van der Waals surface area contributed by atoms with Crippen molar-refractivity contribution in [3.63, 3.8) is 0 Å². The second-order valence-electron chi connectivity index (χ2n) is 6.81. The van der Waals surface area contributed by atoms with Crippen LogP contribution in [0.2, 0.25) is 0 Å². The number of carbonyl (C=O) groups excluding carboxylic acids is 1. The Hall–Kier alpha value is -0.610. The van der Waals surface area contributed by atoms with Crippen LogP contribution < -0.4 is 5.32 Å². The van der Waals surface area contributed by atoms with Gasteiger partial charge in [0.15, 0.2) is 0 Å². The number of nitrogens with one attached hydrogen (secondary N) is 1. The van der Waals surface area contributed by atoms with Gasteiger partial charge in [0, 0.05) is 12.1 Å². The second-order valence-corrected chi connectivity index (χ2v) is 6.81. The number of esters is 1. The van der Waals surface area contributed by atoms with Crippen molar-refractivity contribution in [2.24, 2.45) is 5.92 Å². The van der Waals surface area contributed by atoms with Gasteiger partial charge in [-0.15, -0.1) is 0 Å². The van der Waals surface area contributed by atoms with Gasteiger partial charge in [-0.3, -0.25) is 4.79 Å². The van der Waals surface area contributed by atoms with Crippen LogP contribution in [0, 0.1) is 5.92 Å². The van der Waals surface area contributed by atoms with Crippen molar-refractivity contribution in [1.29, 1.82) is 0 Å². The maximum absolute atomic E-state index is 12.1. The van der Waals surface area contributed by atoms with E-state index in [0.29, 0.717) is 12.1 Å². The van der Waals surface area contributed by atoms with Crippen molar-refractivity contribution >= 4 is 5.97 Å². The molecule has 0 heterocycles. The molecule has 0 saturated heterocycles. The molecular weight excluding hydrogens is 252 g/mol. The molecule has 2 aliphatic rings. The van der Waals surface area contributed by atoms with E-state index in [1.165, 1.54) is 32.8 Å². The average Bonchev–Trinajstić information content (AvgIpc) is 2.91. The number of carbonyl (C=O) groups is 1. The van der Waals surface area contributed by atoms with Crippen molar-refractivity contribution in [3.05, 3.63) is 0 Å². The Balaban J connectivity index is 1.99. The van der Waals surface area contributed by atoms with Crippen LogP contribution in [0.15, 0.2) is 0 Å². The maximum Gasteiger partial charge on any atom is 0.326 e. The zero-order valence-electron chi connectivity index (χ0n) is 13.4. The quantitative estimate of drug-likeness (QED) is 0.803. The molecule has 4 nitrogen and oxygen atoms in total. The number of hydrogen-bond acceptors (Lipinski definition) is 4. The van der Waals surface area contributed by atoms with Gasteiger partial charge in [-0.2, -0.15) is 0 Å². The first-order valence-corrected chi connectivity index (χ1v) is 8.01. The van der Waals surface area contributed by atoms with Gasteiger partial charge in [0.05, 0.1) is 7.11 Å². The van der Waals surface area contributed by atoms with E-state index in [4.69, 9.17) is 4.74 Å². The molecule has 0 spiro atoms. The minimum Gasteiger partial charge on any atom is -0.468 e. The Labute approximate surface area is 123 Å². The molecule has 116 valence electrons. The molecule has 1 N–H and O–H groups in total. The normalized spacial score (nSPS) is 38.1. The van der Waals surface area contributed by atoms with Gasteiger partial charge in [-0.05, 0) is 52.1 Å². The van der Waals surface area contributed by atoms with Crippen LogP contribution in [0.25, 0.3) is 0 Å². The van der Waals surface area contributed by atoms with Gasteiger partial charge in [0.2, 0.25) is 0 Å². The molecule has 20 heavy (non-hydrogen) atoms. The van der Waals surface area contributed by atoms with Crippen LogP contribution in [0.1, 0.15) is 51.9 Å².